The van der Waals surface area contributed by atoms with Gasteiger partial charge in [-0.3, -0.25) is 10.3 Å². The molecule has 0 amide bonds. The molecule has 0 aromatic carbocycles. The summed E-state index contributed by atoms with van der Waals surface area (Å²) in [4.78, 5) is 4.14. The average molecular weight is 73.1 g/mol. The molecule has 29 valence electrons. The molecule has 0 unspecified atom stereocenters. The molecule has 0 bridgehead atoms. The van der Waals surface area contributed by atoms with Gasteiger partial charge in [-0.1, -0.05) is 0 Å². The predicted molar refractivity (Wildman–Crippen MR) is 18.3 cm³/mol. The van der Waals surface area contributed by atoms with Gasteiger partial charge in [-0.2, -0.15) is 0 Å². The Morgan fingerprint density at radius 3 is 2.60 bits per heavy atom. The molecule has 1 N–H and O–H groups in total. The fourth-order valence-corrected chi connectivity index (χ4v) is 0.0527. The molecule has 0 aliphatic rings. The second-order valence-corrected chi connectivity index (χ2v) is 0.451. The van der Waals surface area contributed by atoms with Gasteiger partial charge in [0.05, 0.1) is 7.11 Å². The van der Waals surface area contributed by atoms with Gasteiger partial charge in [-0.05, 0) is 0 Å². The van der Waals surface area contributed by atoms with E-state index in [1.807, 2.05) is 5.48 Å². The van der Waals surface area contributed by atoms with Crippen molar-refractivity contribution in [2.45, 2.75) is 0 Å². The summed E-state index contributed by atoms with van der Waals surface area (Å²) in [7, 11) is 1.41. The number of nitrogens with one attached hydrogen (secondary N) is 1. The Morgan fingerprint density at radius 1 is 2.00 bits per heavy atom. The predicted octanol–water partition coefficient (Wildman–Crippen LogP) is -1.03. The zero-order valence-corrected chi connectivity index (χ0v) is 2.93. The third-order valence-corrected chi connectivity index (χ3v) is 0.171. The molecule has 0 saturated carbocycles. The maximum Gasteiger partial charge on any atom is 0.135 e. The second kappa shape index (κ2) is 3.43. The summed E-state index contributed by atoms with van der Waals surface area (Å²) in [5.41, 5.74) is 2.04. The van der Waals surface area contributed by atoms with E-state index in [2.05, 4.69) is 4.84 Å². The summed E-state index contributed by atoms with van der Waals surface area (Å²) >= 11 is 0. The van der Waals surface area contributed by atoms with Crippen LogP contribution in [0.15, 0.2) is 0 Å². The summed E-state index contributed by atoms with van der Waals surface area (Å²) in [6.07, 6.45) is 0.708. The van der Waals surface area contributed by atoms with Crippen LogP contribution in [0.2, 0.25) is 0 Å². The van der Waals surface area contributed by atoms with E-state index in [1.54, 1.807) is 0 Å². The number of nitrogens with zero attached hydrogens (tertiary/aromatic N) is 1. The highest BCUT2D eigenvalue weighted by molar-refractivity contribution is 5.48. The highest BCUT2D eigenvalue weighted by atomic mass is 16.6. The molecule has 0 aliphatic heterocycles. The Bertz CT molecular complexity index is 28.8. The van der Waals surface area contributed by atoms with Crippen LogP contribution in [0, 0.1) is 0 Å². The fraction of sp³-hybridized carbons (Fsp3) is 0.500. The van der Waals surface area contributed by atoms with E-state index < -0.39 is 0 Å². The summed E-state index contributed by atoms with van der Waals surface area (Å²) < 4.78 is 0. The molecule has 3 heteroatoms. The highest BCUT2D eigenvalue weighted by Gasteiger charge is 1.54. The lowest BCUT2D eigenvalue weighted by molar-refractivity contribution is 0.148. The van der Waals surface area contributed by atoms with E-state index in [9.17, 15) is 0 Å². The van der Waals surface area contributed by atoms with Crippen molar-refractivity contribution < 1.29 is 4.84 Å². The molecule has 0 aromatic rings. The number of hydroxylamine groups is 1. The van der Waals surface area contributed by atoms with Gasteiger partial charge >= 0.3 is 0 Å². The van der Waals surface area contributed by atoms with Crippen LogP contribution in [0.5, 0.6) is 0 Å². The zero-order valence-electron chi connectivity index (χ0n) is 2.93. The van der Waals surface area contributed by atoms with Gasteiger partial charge in [-0.25, -0.2) is 0 Å². The van der Waals surface area contributed by atoms with Gasteiger partial charge in [0.25, 0.3) is 0 Å². The van der Waals surface area contributed by atoms with Crippen molar-refractivity contribution in [3.05, 3.63) is 0 Å². The maximum absolute atomic E-state index is 7.71. The Balaban J connectivity index is 2.40. The molecule has 0 saturated heterocycles. The molecular formula is C2H5N2O. The van der Waals surface area contributed by atoms with Gasteiger partial charge in [0, 0.05) is 0 Å². The highest BCUT2D eigenvalue weighted by Crippen LogP contribution is 1.34. The minimum Gasteiger partial charge on any atom is -0.278 e. The second-order valence-electron chi connectivity index (χ2n) is 0.451. The summed E-state index contributed by atoms with van der Waals surface area (Å²) in [6, 6.07) is 0. The largest absolute Gasteiger partial charge is 0.278 e. The lowest BCUT2D eigenvalue weighted by atomic mass is 11.4. The Kier molecular flexibility index (Phi) is 3.04. The van der Waals surface area contributed by atoms with E-state index in [0.29, 0.717) is 6.34 Å². The van der Waals surface area contributed by atoms with Crippen LogP contribution in [-0.4, -0.2) is 13.4 Å². The van der Waals surface area contributed by atoms with E-state index in [4.69, 9.17) is 5.41 Å². The number of rotatable bonds is 2. The molecule has 0 aromatic heterocycles. The van der Waals surface area contributed by atoms with Crippen molar-refractivity contribution in [2.75, 3.05) is 7.11 Å². The van der Waals surface area contributed by atoms with Crippen molar-refractivity contribution in [3.63, 3.8) is 0 Å². The quantitative estimate of drug-likeness (QED) is 0.258. The Hall–Kier alpha value is -0.570. The lowest BCUT2D eigenvalue weighted by Crippen LogP contribution is -2.07. The minimum atomic E-state index is 0.708. The topological polar surface area (TPSA) is 43.6 Å². The van der Waals surface area contributed by atoms with Crippen LogP contribution in [0.3, 0.4) is 0 Å². The van der Waals surface area contributed by atoms with Crippen molar-refractivity contribution in [3.8, 4) is 0 Å². The molecule has 3 nitrogen and oxygen atoms in total. The standard InChI is InChI=1S/C2H5N2O/c1-5-4-2-3/h2,4H,1H3. The maximum atomic E-state index is 7.71. The molecule has 0 aliphatic carbocycles. The first kappa shape index (κ1) is 4.43. The van der Waals surface area contributed by atoms with Crippen LogP contribution in [0.4, 0.5) is 0 Å². The first-order valence-electron chi connectivity index (χ1n) is 1.16. The molecule has 0 spiro atoms. The van der Waals surface area contributed by atoms with Gasteiger partial charge in [0.15, 0.2) is 0 Å². The SMILES string of the molecule is CONC=[N]. The van der Waals surface area contributed by atoms with Crippen molar-refractivity contribution >= 4 is 6.34 Å². The molecule has 0 heterocycles. The van der Waals surface area contributed by atoms with Crippen LogP contribution in [0.25, 0.3) is 0 Å². The van der Waals surface area contributed by atoms with Gasteiger partial charge in [0.2, 0.25) is 0 Å². The minimum absolute atomic E-state index is 0.708. The van der Waals surface area contributed by atoms with Crippen LogP contribution in [-0.2, 0) is 4.84 Å². The van der Waals surface area contributed by atoms with Crippen molar-refractivity contribution in [1.29, 1.82) is 0 Å². The normalized spacial score (nSPS) is 6.60. The molecular weight excluding hydrogens is 68.0 g/mol. The molecule has 0 atom stereocenters. The van der Waals surface area contributed by atoms with Crippen LogP contribution < -0.4 is 10.9 Å². The summed E-state index contributed by atoms with van der Waals surface area (Å²) in [5, 5.41) is 7.71. The number of hydrogen-bond acceptors (Lipinski definition) is 1. The lowest BCUT2D eigenvalue weighted by Gasteiger charge is -1.83. The Morgan fingerprint density at radius 2 is 2.60 bits per heavy atom. The van der Waals surface area contributed by atoms with Crippen LogP contribution >= 0.6 is 0 Å². The van der Waals surface area contributed by atoms with E-state index in [1.165, 1.54) is 7.11 Å². The molecule has 5 heavy (non-hydrogen) atoms. The molecule has 0 fully saturated rings. The average Bonchev–Trinajstić information content (AvgIpc) is 1.41. The monoisotopic (exact) mass is 73.0 g/mol. The third kappa shape index (κ3) is 3.43. The van der Waals surface area contributed by atoms with Gasteiger partial charge in [-0.15, -0.1) is 5.41 Å². The van der Waals surface area contributed by atoms with Gasteiger partial charge in [0.1, 0.15) is 6.34 Å². The zero-order chi connectivity index (χ0) is 4.12. The number of hydrogen-bond donors (Lipinski definition) is 1. The smallest absolute Gasteiger partial charge is 0.135 e. The first-order valence-corrected chi connectivity index (χ1v) is 1.16. The fourth-order valence-electron chi connectivity index (χ4n) is 0.0527. The first-order chi connectivity index (χ1) is 2.41. The summed E-state index contributed by atoms with van der Waals surface area (Å²) in [5.74, 6) is 0. The van der Waals surface area contributed by atoms with E-state index in [-0.39, 0.29) is 0 Å². The van der Waals surface area contributed by atoms with Crippen LogP contribution in [0.1, 0.15) is 0 Å². The van der Waals surface area contributed by atoms with Gasteiger partial charge < -0.3 is 0 Å². The van der Waals surface area contributed by atoms with E-state index in [0.717, 1.165) is 0 Å². The molecule has 0 rings (SSSR count). The summed E-state index contributed by atoms with van der Waals surface area (Å²) in [6.45, 7) is 0. The van der Waals surface area contributed by atoms with Crippen molar-refractivity contribution in [2.24, 2.45) is 0 Å². The molecule has 1 radical (unpaired) electrons. The van der Waals surface area contributed by atoms with E-state index >= 15 is 0 Å². The third-order valence-electron chi connectivity index (χ3n) is 0.171. The Labute approximate surface area is 30.4 Å². The van der Waals surface area contributed by atoms with Crippen molar-refractivity contribution in [1.82, 2.24) is 10.9 Å².